The van der Waals surface area contributed by atoms with E-state index in [1.165, 1.54) is 70.7 Å². The highest BCUT2D eigenvalue weighted by Gasteiger charge is 2.35. The van der Waals surface area contributed by atoms with Gasteiger partial charge < -0.3 is 52.9 Å². The molecule has 3 aromatic carbocycles. The molecule has 622 valence electrons. The molecule has 5 aliphatic heterocycles. The maximum absolute atomic E-state index is 13.2. The molecule has 2 atom stereocenters. The van der Waals surface area contributed by atoms with Gasteiger partial charge >= 0.3 is 0 Å². The molecular weight excluding hydrogens is 1980 g/mol. The number of nitrogens with one attached hydrogen (secondary N) is 5. The molecule has 45 heteroatoms. The van der Waals surface area contributed by atoms with E-state index in [9.17, 15) is 4.39 Å². The first-order valence-corrected chi connectivity index (χ1v) is 44.9. The Balaban J connectivity index is 0.000000125. The van der Waals surface area contributed by atoms with Crippen LogP contribution in [0.1, 0.15) is 13.3 Å². The molecule has 121 heavy (non-hydrogen) atoms. The minimum absolute atomic E-state index is 0.158. The number of hydrogen-bond donors (Lipinski definition) is 5. The third kappa shape index (κ3) is 19.8. The van der Waals surface area contributed by atoms with Crippen molar-refractivity contribution in [2.75, 3.05) is 157 Å². The Bertz CT molecular complexity index is 5650. The number of aromatic amines is 5. The Kier molecular flexibility index (Phi) is 30.3. The second-order valence-electron chi connectivity index (χ2n) is 26.1. The molecule has 5 aliphatic rings. The fourth-order valence-corrected chi connectivity index (χ4v) is 22.8. The van der Waals surface area contributed by atoms with Gasteiger partial charge in [-0.15, -0.1) is 66.9 Å². The van der Waals surface area contributed by atoms with Crippen molar-refractivity contribution in [3.63, 3.8) is 0 Å². The molecule has 15 heterocycles. The van der Waals surface area contributed by atoms with E-state index in [2.05, 4.69) is 177 Å². The Labute approximate surface area is 764 Å². The van der Waals surface area contributed by atoms with Gasteiger partial charge in [0, 0.05) is 109 Å². The van der Waals surface area contributed by atoms with E-state index in [0.29, 0.717) is 160 Å². The predicted octanol–water partition coefficient (Wildman–Crippen LogP) is 19.6. The first-order valence-electron chi connectivity index (χ1n) is 36.8. The summed E-state index contributed by atoms with van der Waals surface area (Å²) in [6.45, 7) is 52.3. The molecule has 5 fully saturated rings. The number of ether oxygens (including phenoxy) is 6. The summed E-state index contributed by atoms with van der Waals surface area (Å²) in [6.07, 6.45) is 6.39. The highest BCUT2D eigenvalue weighted by Crippen LogP contribution is 2.58. The van der Waals surface area contributed by atoms with Crippen molar-refractivity contribution in [1.82, 2.24) is 81.3 Å². The standard InChI is InChI=1S/C19H17Cl2N5OS.C18H14Cl2FN5OS.C18H16ClN5O2S.C11H10IN5OS.C10H9IN6OS/c1-3-12-9-26(6-7-27-12)19-16(22-2)15(13-5-4-11(20)8-14(13)21)17(28-19)18-23-10-24-25-18;1-22-15-14(12-3-2-10(19)6-13(12)20)16(17-23-9-24-25-17)28-18(15)26-4-5-27-11(7-21)8-26;1-20-15-14(12-4-3-11(25-2)9-13(12)19)16(17-21-10-22-23-17)27-18(15)24-5-7-26-8-6-24;1-13-8-7(12)9(10-14-6-15-16-10)19-11(8)17-2-4-18-5-3-17;1-12-7-6(11)8(9-13-15-16-14-9)19-10(7)17-2-4-18-5-3-17/h4-5,8,10,12H,3,6-7,9H2,1H3,(H,23,24,25);2-3,6,9,11H,4-5,7-8H2,(H,23,24,25);3-4,9-10H,5-8H2,2H3,(H,21,22,23);6H,2-5H2,(H,14,15,16);2-5H2,(H,13,14,15,16)/t;11-;;;/m.0.../s1. The first-order chi connectivity index (χ1) is 59.1. The lowest BCUT2D eigenvalue weighted by Gasteiger charge is -2.33. The molecule has 13 aromatic rings. The number of benzene rings is 3. The van der Waals surface area contributed by atoms with E-state index in [1.807, 2.05) is 23.1 Å². The fraction of sp³-hybridized carbons (Fsp3) is 0.316. The topological polar surface area (TPSA) is 314 Å². The van der Waals surface area contributed by atoms with Crippen LogP contribution in [0.5, 0.6) is 5.75 Å². The van der Waals surface area contributed by atoms with Crippen LogP contribution in [0.4, 0.5) is 57.8 Å². The van der Waals surface area contributed by atoms with Gasteiger partial charge in [-0.3, -0.25) is 20.4 Å². The molecule has 0 amide bonds. The molecule has 0 bridgehead atoms. The third-order valence-electron chi connectivity index (χ3n) is 19.1. The molecule has 18 rings (SSSR count). The molecule has 0 aliphatic carbocycles. The summed E-state index contributed by atoms with van der Waals surface area (Å²) in [4.78, 5) is 51.0. The van der Waals surface area contributed by atoms with Crippen LogP contribution in [-0.4, -0.2) is 226 Å². The van der Waals surface area contributed by atoms with Gasteiger partial charge in [-0.05, 0) is 64.7 Å². The van der Waals surface area contributed by atoms with Crippen molar-refractivity contribution in [1.29, 1.82) is 0 Å². The van der Waals surface area contributed by atoms with Gasteiger partial charge in [0.15, 0.2) is 23.3 Å². The first kappa shape index (κ1) is 88.0. The zero-order valence-corrected chi connectivity index (χ0v) is 75.9. The largest absolute Gasteiger partial charge is 0.497 e. The number of anilines is 5. The SMILES string of the molecule is [C-]#[N+]c1c(N2CCOC(CC)C2)sc(-c2ncn[nH]2)c1-c1ccc(Cl)cc1Cl.[C-]#[N+]c1c(N2CCOCC2)sc(-c2ncn[nH]2)c1-c1ccc(OC)cc1Cl.[C-]#[N+]c1c(N2CCOCC2)sc(-c2ncn[nH]2)c1I.[C-]#[N+]c1c(N2CCOCC2)sc(-c2nn[nH]n2)c1I.[C-]#[N+]c1c(N2CCO[C@@H](CF)C2)sc(-c2ncn[nH]2)c1-c1ccc(Cl)cc1Cl. The summed E-state index contributed by atoms with van der Waals surface area (Å²) in [5, 5.41) is 48.3. The summed E-state index contributed by atoms with van der Waals surface area (Å²) in [5.41, 5.74) is 7.35. The van der Waals surface area contributed by atoms with Gasteiger partial charge in [-0.1, -0.05) is 128 Å². The van der Waals surface area contributed by atoms with Crippen LogP contribution in [0.15, 0.2) is 79.9 Å². The Morgan fingerprint density at radius 1 is 0.463 bits per heavy atom. The molecule has 32 nitrogen and oxygen atoms in total. The van der Waals surface area contributed by atoms with Crippen LogP contribution >= 0.6 is 160 Å². The number of rotatable bonds is 16. The van der Waals surface area contributed by atoms with Crippen molar-refractivity contribution in [2.24, 2.45) is 0 Å². The maximum Gasteiger partial charge on any atom is 0.234 e. The third-order valence-corrected chi connectivity index (χ3v) is 29.5. The lowest BCUT2D eigenvalue weighted by molar-refractivity contribution is 0.0250. The molecule has 10 aromatic heterocycles. The van der Waals surface area contributed by atoms with Gasteiger partial charge in [0.25, 0.3) is 0 Å². The molecule has 1 unspecified atom stereocenters. The van der Waals surface area contributed by atoms with Crippen molar-refractivity contribution >= 4 is 213 Å². The number of halogens is 8. The smallest absolute Gasteiger partial charge is 0.234 e. The minimum atomic E-state index is -0.569. The van der Waals surface area contributed by atoms with Crippen molar-refractivity contribution in [3.8, 4) is 92.6 Å². The molecule has 5 N–H and O–H groups in total. The second kappa shape index (κ2) is 41.7. The van der Waals surface area contributed by atoms with Crippen LogP contribution < -0.4 is 29.2 Å². The Hall–Kier alpha value is -9.32. The van der Waals surface area contributed by atoms with E-state index in [0.717, 1.165) is 143 Å². The lowest BCUT2D eigenvalue weighted by atomic mass is 10.0. The number of morpholine rings is 5. The number of aromatic nitrogens is 16. The molecule has 0 saturated carbocycles. The summed E-state index contributed by atoms with van der Waals surface area (Å²) in [7, 11) is 1.59. The number of H-pyrrole nitrogens is 5. The van der Waals surface area contributed by atoms with E-state index in [1.54, 1.807) is 54.8 Å². The summed E-state index contributed by atoms with van der Waals surface area (Å²) < 4.78 is 47.6. The van der Waals surface area contributed by atoms with Gasteiger partial charge in [0.2, 0.25) is 34.3 Å². The van der Waals surface area contributed by atoms with Crippen LogP contribution in [-0.2, 0) is 23.7 Å². The van der Waals surface area contributed by atoms with Gasteiger partial charge in [0.1, 0.15) is 43.8 Å². The Morgan fingerprint density at radius 3 is 1.17 bits per heavy atom. The highest BCUT2D eigenvalue weighted by atomic mass is 127. The van der Waals surface area contributed by atoms with Gasteiger partial charge in [-0.25, -0.2) is 48.6 Å². The quantitative estimate of drug-likeness (QED) is 0.0443. The normalized spacial score (nSPS) is 15.9. The van der Waals surface area contributed by atoms with Gasteiger partial charge in [-0.2, -0.15) is 25.6 Å². The van der Waals surface area contributed by atoms with E-state index in [-0.39, 0.29) is 6.10 Å². The zero-order chi connectivity index (χ0) is 84.6. The minimum Gasteiger partial charge on any atom is -0.497 e. The number of methoxy groups -OCH3 is 1. The molecular formula is C76H66Cl5FI2N26O6S5. The zero-order valence-electron chi connectivity index (χ0n) is 63.7. The highest BCUT2D eigenvalue weighted by molar-refractivity contribution is 14.1. The number of hydrogen-bond acceptors (Lipinski definition) is 27. The van der Waals surface area contributed by atoms with Crippen molar-refractivity contribution < 1.29 is 32.8 Å². The summed E-state index contributed by atoms with van der Waals surface area (Å²) in [5.74, 6) is 3.70. The van der Waals surface area contributed by atoms with E-state index >= 15 is 0 Å². The van der Waals surface area contributed by atoms with Crippen LogP contribution in [0.2, 0.25) is 25.1 Å². The monoisotopic (exact) mass is 2050 g/mol. The number of alkyl halides is 1. The van der Waals surface area contributed by atoms with E-state index < -0.39 is 12.8 Å². The molecule has 0 radical (unpaired) electrons. The number of nitrogens with zero attached hydrogens (tertiary/aromatic N) is 21. The summed E-state index contributed by atoms with van der Waals surface area (Å²) >= 11 is 43.6. The van der Waals surface area contributed by atoms with E-state index in [4.69, 9.17) is 119 Å². The summed E-state index contributed by atoms with van der Waals surface area (Å²) in [6, 6.07) is 15.9. The average Bonchev–Trinajstić information content (AvgIpc) is 1.64. The molecule has 5 saturated heterocycles. The van der Waals surface area contributed by atoms with Crippen LogP contribution in [0.25, 0.3) is 111 Å². The predicted molar refractivity (Wildman–Crippen MR) is 490 cm³/mol. The van der Waals surface area contributed by atoms with Crippen molar-refractivity contribution in [2.45, 2.75) is 25.6 Å². The molecule has 0 spiro atoms. The fourth-order valence-electron chi connectivity index (χ4n) is 13.3. The number of tetrazole rings is 1. The van der Waals surface area contributed by atoms with Crippen molar-refractivity contribution in [3.05, 3.63) is 169 Å². The van der Waals surface area contributed by atoms with Gasteiger partial charge in [0.05, 0.1) is 153 Å². The average molecular weight is 2050 g/mol. The second-order valence-corrected chi connectivity index (χ2v) is 35.4. The maximum atomic E-state index is 13.2. The number of thiophene rings is 5. The van der Waals surface area contributed by atoms with Crippen LogP contribution in [0.3, 0.4) is 0 Å². The Morgan fingerprint density at radius 2 is 0.810 bits per heavy atom. The van der Waals surface area contributed by atoms with Crippen LogP contribution in [0, 0.1) is 40.0 Å². The lowest BCUT2D eigenvalue weighted by Crippen LogP contribution is -2.43.